The van der Waals surface area contributed by atoms with Gasteiger partial charge in [0.1, 0.15) is 0 Å². The molecule has 0 rings (SSSR count). The summed E-state index contributed by atoms with van der Waals surface area (Å²) in [6.45, 7) is 4.10. The van der Waals surface area contributed by atoms with Crippen LogP contribution in [0.2, 0.25) is 0 Å². The third-order valence-corrected chi connectivity index (χ3v) is 3.80. The van der Waals surface area contributed by atoms with E-state index in [9.17, 15) is 0 Å². The Balaban J connectivity index is 3.22. The van der Waals surface area contributed by atoms with Crippen molar-refractivity contribution in [2.24, 2.45) is 0 Å². The molecule has 68 valence electrons. The quantitative estimate of drug-likeness (QED) is 0.626. The van der Waals surface area contributed by atoms with Crippen molar-refractivity contribution in [1.82, 2.24) is 0 Å². The maximum Gasteiger partial charge on any atom is 0.0861 e. The first-order valence-corrected chi connectivity index (χ1v) is 5.82. The second-order valence-corrected chi connectivity index (χ2v) is 5.48. The lowest BCUT2D eigenvalue weighted by Gasteiger charge is -2.11. The minimum atomic E-state index is -0.556. The third kappa shape index (κ3) is 7.00. The molecule has 2 atom stereocenters. The summed E-state index contributed by atoms with van der Waals surface area (Å²) >= 11 is 3.54. The van der Waals surface area contributed by atoms with Gasteiger partial charge in [0.15, 0.2) is 0 Å². The lowest BCUT2D eigenvalue weighted by molar-refractivity contribution is 0.113. The second-order valence-electron chi connectivity index (χ2n) is 2.19. The molecule has 0 aliphatic carbocycles. The summed E-state index contributed by atoms with van der Waals surface area (Å²) in [7, 11) is 0. The smallest absolute Gasteiger partial charge is 0.0861 e. The van der Waals surface area contributed by atoms with Crippen molar-refractivity contribution >= 4 is 23.5 Å². The summed E-state index contributed by atoms with van der Waals surface area (Å²) < 4.78 is 0.515. The van der Waals surface area contributed by atoms with Gasteiger partial charge in [0.25, 0.3) is 0 Å². The molecule has 0 radical (unpaired) electrons. The molecule has 2 unspecified atom stereocenters. The van der Waals surface area contributed by atoms with E-state index >= 15 is 0 Å². The van der Waals surface area contributed by atoms with Crippen LogP contribution in [0.4, 0.5) is 0 Å². The Kier molecular flexibility index (Phi) is 7.69. The van der Waals surface area contributed by atoms with Crippen molar-refractivity contribution in [2.45, 2.75) is 24.5 Å². The molecule has 0 aromatic carbocycles. The van der Waals surface area contributed by atoms with Crippen molar-refractivity contribution in [3.8, 4) is 0 Å². The van der Waals surface area contributed by atoms with Crippen LogP contribution < -0.4 is 0 Å². The summed E-state index contributed by atoms with van der Waals surface area (Å²) in [5, 5.41) is 17.5. The highest BCUT2D eigenvalue weighted by molar-refractivity contribution is 8.16. The van der Waals surface area contributed by atoms with E-state index in [4.69, 9.17) is 10.2 Å². The lowest BCUT2D eigenvalue weighted by atomic mass is 10.4. The van der Waals surface area contributed by atoms with Crippen LogP contribution in [-0.2, 0) is 0 Å². The molecule has 0 aromatic rings. The van der Waals surface area contributed by atoms with E-state index in [1.807, 2.05) is 11.8 Å². The van der Waals surface area contributed by atoms with Gasteiger partial charge in [-0.05, 0) is 12.7 Å². The van der Waals surface area contributed by atoms with Crippen LogP contribution >= 0.6 is 23.5 Å². The van der Waals surface area contributed by atoms with E-state index in [1.165, 1.54) is 0 Å². The average Bonchev–Trinajstić information content (AvgIpc) is 2.01. The number of aliphatic hydroxyl groups is 2. The molecule has 0 aliphatic rings. The Labute approximate surface area is 76.8 Å². The summed E-state index contributed by atoms with van der Waals surface area (Å²) in [6, 6.07) is 0. The van der Waals surface area contributed by atoms with Gasteiger partial charge in [-0.25, -0.2) is 0 Å². The molecule has 0 fully saturated rings. The lowest BCUT2D eigenvalue weighted by Crippen LogP contribution is -2.15. The first-order chi connectivity index (χ1) is 5.20. The molecule has 0 heterocycles. The zero-order chi connectivity index (χ0) is 8.69. The van der Waals surface area contributed by atoms with Gasteiger partial charge in [-0.15, -0.1) is 23.5 Å². The molecule has 0 saturated heterocycles. The molecule has 0 aliphatic heterocycles. The van der Waals surface area contributed by atoms with Gasteiger partial charge in [-0.2, -0.15) is 0 Å². The van der Waals surface area contributed by atoms with E-state index in [1.54, 1.807) is 11.8 Å². The van der Waals surface area contributed by atoms with Gasteiger partial charge in [-0.1, -0.05) is 6.92 Å². The topological polar surface area (TPSA) is 40.5 Å². The molecule has 0 saturated carbocycles. The molecular weight excluding hydrogens is 180 g/mol. The van der Waals surface area contributed by atoms with Gasteiger partial charge >= 0.3 is 0 Å². The van der Waals surface area contributed by atoms with Crippen molar-refractivity contribution in [1.29, 1.82) is 0 Å². The molecule has 2 N–H and O–H groups in total. The van der Waals surface area contributed by atoms with Crippen molar-refractivity contribution in [2.75, 3.05) is 18.1 Å². The van der Waals surface area contributed by atoms with Crippen LogP contribution in [0, 0.1) is 0 Å². The molecule has 11 heavy (non-hydrogen) atoms. The van der Waals surface area contributed by atoms with Gasteiger partial charge in [0.2, 0.25) is 0 Å². The van der Waals surface area contributed by atoms with Crippen LogP contribution in [0.5, 0.6) is 0 Å². The van der Waals surface area contributed by atoms with E-state index in [-0.39, 0.29) is 6.61 Å². The Hall–Kier alpha value is 0.620. The molecule has 4 heteroatoms. The molecule has 0 spiro atoms. The summed E-state index contributed by atoms with van der Waals surface area (Å²) in [5.74, 6) is 1.73. The first-order valence-electron chi connectivity index (χ1n) is 3.72. The number of hydrogen-bond donors (Lipinski definition) is 2. The number of thioether (sulfide) groups is 2. The predicted molar refractivity (Wildman–Crippen MR) is 53.1 cm³/mol. The predicted octanol–water partition coefficient (Wildman–Crippen LogP) is 1.17. The summed E-state index contributed by atoms with van der Waals surface area (Å²) in [4.78, 5) is 0. The maximum atomic E-state index is 8.99. The summed E-state index contributed by atoms with van der Waals surface area (Å²) in [6.07, 6.45) is -0.556. The largest absolute Gasteiger partial charge is 0.394 e. The van der Waals surface area contributed by atoms with Crippen molar-refractivity contribution < 1.29 is 10.2 Å². The van der Waals surface area contributed by atoms with Crippen LogP contribution in [0.15, 0.2) is 0 Å². The molecule has 0 amide bonds. The van der Waals surface area contributed by atoms with Gasteiger partial charge < -0.3 is 10.2 Å². The normalized spacial score (nSPS) is 16.4. The highest BCUT2D eigenvalue weighted by Crippen LogP contribution is 2.22. The highest BCUT2D eigenvalue weighted by atomic mass is 32.2. The van der Waals surface area contributed by atoms with E-state index in [2.05, 4.69) is 13.8 Å². The van der Waals surface area contributed by atoms with Crippen molar-refractivity contribution in [3.63, 3.8) is 0 Å². The highest BCUT2D eigenvalue weighted by Gasteiger charge is 2.06. The zero-order valence-electron chi connectivity index (χ0n) is 6.99. The molecular formula is C7H16O2S2. The Bertz CT molecular complexity index is 90.5. The zero-order valence-corrected chi connectivity index (χ0v) is 8.62. The standard InChI is InChI=1S/C7H16O2S2/c1-3-10-6(2)11-5-7(9)4-8/h6-9H,3-5H2,1-2H3. The SMILES string of the molecule is CCSC(C)SCC(O)CO. The van der Waals surface area contributed by atoms with Crippen LogP contribution in [0.25, 0.3) is 0 Å². The van der Waals surface area contributed by atoms with Gasteiger partial charge in [-0.3, -0.25) is 0 Å². The fraction of sp³-hybridized carbons (Fsp3) is 1.00. The van der Waals surface area contributed by atoms with E-state index in [0.29, 0.717) is 10.3 Å². The monoisotopic (exact) mass is 196 g/mol. The molecule has 2 nitrogen and oxygen atoms in total. The maximum absolute atomic E-state index is 8.99. The van der Waals surface area contributed by atoms with Crippen LogP contribution in [-0.4, -0.2) is 39.0 Å². The fourth-order valence-electron chi connectivity index (χ4n) is 0.582. The number of rotatable bonds is 6. The molecule has 0 aromatic heterocycles. The Morgan fingerprint density at radius 1 is 1.36 bits per heavy atom. The van der Waals surface area contributed by atoms with Crippen molar-refractivity contribution in [3.05, 3.63) is 0 Å². The average molecular weight is 196 g/mol. The number of hydrogen-bond acceptors (Lipinski definition) is 4. The minimum absolute atomic E-state index is 0.128. The fourth-order valence-corrected chi connectivity index (χ4v) is 2.68. The van der Waals surface area contributed by atoms with Gasteiger partial charge in [0, 0.05) is 10.3 Å². The van der Waals surface area contributed by atoms with Crippen LogP contribution in [0.3, 0.4) is 0 Å². The first kappa shape index (κ1) is 11.6. The Morgan fingerprint density at radius 2 is 2.00 bits per heavy atom. The van der Waals surface area contributed by atoms with Crippen LogP contribution in [0.1, 0.15) is 13.8 Å². The second kappa shape index (κ2) is 7.28. The van der Waals surface area contributed by atoms with E-state index < -0.39 is 6.10 Å². The van der Waals surface area contributed by atoms with Gasteiger partial charge in [0.05, 0.1) is 12.7 Å². The van der Waals surface area contributed by atoms with E-state index in [0.717, 1.165) is 5.75 Å². The number of aliphatic hydroxyl groups excluding tert-OH is 2. The molecule has 0 bridgehead atoms. The summed E-state index contributed by atoms with van der Waals surface area (Å²) in [5.41, 5.74) is 0. The Morgan fingerprint density at radius 3 is 2.45 bits per heavy atom. The third-order valence-electron chi connectivity index (χ3n) is 1.14. The minimum Gasteiger partial charge on any atom is -0.394 e.